The van der Waals surface area contributed by atoms with E-state index in [1.807, 2.05) is 25.2 Å². The Morgan fingerprint density at radius 3 is 2.91 bits per heavy atom. The normalized spacial score (nSPS) is 18.5. The molecule has 4 nitrogen and oxygen atoms in total. The highest BCUT2D eigenvalue weighted by Gasteiger charge is 2.33. The van der Waals surface area contributed by atoms with E-state index in [0.29, 0.717) is 23.5 Å². The lowest BCUT2D eigenvalue weighted by atomic mass is 10.00. The van der Waals surface area contributed by atoms with Gasteiger partial charge in [0.05, 0.1) is 11.3 Å². The minimum absolute atomic E-state index is 0.221. The standard InChI is InChI=1S/C17H13FN2O2/c1-19-10-5-6-11-9(7-10)8-22-16(11)14-12-3-2-4-13(18)15(12)20-17(14)21/h2-7,19H,8H2,1H3,(H,20,21). The summed E-state index contributed by atoms with van der Waals surface area (Å²) in [7, 11) is 1.85. The van der Waals surface area contributed by atoms with E-state index < -0.39 is 5.82 Å². The Morgan fingerprint density at radius 2 is 2.09 bits per heavy atom. The van der Waals surface area contributed by atoms with E-state index in [9.17, 15) is 9.18 Å². The molecule has 2 heterocycles. The number of fused-ring (bicyclic) bond motifs is 2. The molecular formula is C17H13FN2O2. The molecule has 2 N–H and O–H groups in total. The second-order valence-electron chi connectivity index (χ2n) is 5.23. The van der Waals surface area contributed by atoms with Crippen LogP contribution in [0.2, 0.25) is 0 Å². The molecule has 0 saturated heterocycles. The zero-order valence-electron chi connectivity index (χ0n) is 11.9. The number of hydrogen-bond donors (Lipinski definition) is 2. The average Bonchev–Trinajstić information content (AvgIpc) is 3.07. The van der Waals surface area contributed by atoms with Crippen LogP contribution in [0.5, 0.6) is 0 Å². The Bertz CT molecular complexity index is 843. The highest BCUT2D eigenvalue weighted by atomic mass is 19.1. The number of carbonyl (C=O) groups is 1. The molecule has 2 aromatic rings. The Hall–Kier alpha value is -2.82. The number of carbonyl (C=O) groups excluding carboxylic acids is 1. The Kier molecular flexibility index (Phi) is 2.69. The first kappa shape index (κ1) is 12.9. The van der Waals surface area contributed by atoms with Gasteiger partial charge in [-0.3, -0.25) is 4.79 Å². The molecule has 4 rings (SSSR count). The summed E-state index contributed by atoms with van der Waals surface area (Å²) < 4.78 is 19.6. The van der Waals surface area contributed by atoms with Crippen LogP contribution in [-0.2, 0) is 16.1 Å². The SMILES string of the molecule is CNc1ccc2c(c1)COC2=C1C(=O)Nc2c(F)cccc21. The van der Waals surface area contributed by atoms with Crippen molar-refractivity contribution < 1.29 is 13.9 Å². The third-order valence-electron chi connectivity index (χ3n) is 3.99. The minimum atomic E-state index is -0.440. The van der Waals surface area contributed by atoms with E-state index in [0.717, 1.165) is 16.8 Å². The number of rotatable bonds is 1. The van der Waals surface area contributed by atoms with E-state index in [4.69, 9.17) is 4.74 Å². The molecule has 0 atom stereocenters. The van der Waals surface area contributed by atoms with Gasteiger partial charge in [-0.05, 0) is 24.3 Å². The van der Waals surface area contributed by atoms with Crippen molar-refractivity contribution in [2.75, 3.05) is 17.7 Å². The Balaban J connectivity index is 1.92. The van der Waals surface area contributed by atoms with Crippen molar-refractivity contribution in [1.82, 2.24) is 0 Å². The molecule has 1 amide bonds. The molecule has 0 aliphatic carbocycles. The van der Waals surface area contributed by atoms with Gasteiger partial charge in [-0.25, -0.2) is 4.39 Å². The van der Waals surface area contributed by atoms with Gasteiger partial charge in [-0.15, -0.1) is 0 Å². The Labute approximate surface area is 126 Å². The lowest BCUT2D eigenvalue weighted by Gasteiger charge is -2.05. The molecule has 0 unspecified atom stereocenters. The average molecular weight is 296 g/mol. The third-order valence-corrected chi connectivity index (χ3v) is 3.99. The van der Waals surface area contributed by atoms with Crippen LogP contribution in [0.1, 0.15) is 16.7 Å². The van der Waals surface area contributed by atoms with Crippen molar-refractivity contribution in [2.45, 2.75) is 6.61 Å². The van der Waals surface area contributed by atoms with E-state index in [-0.39, 0.29) is 11.6 Å². The second kappa shape index (κ2) is 4.59. The number of ether oxygens (including phenoxy) is 1. The maximum absolute atomic E-state index is 13.8. The number of hydrogen-bond acceptors (Lipinski definition) is 3. The zero-order chi connectivity index (χ0) is 15.3. The molecule has 0 fully saturated rings. The van der Waals surface area contributed by atoms with Crippen LogP contribution >= 0.6 is 0 Å². The largest absolute Gasteiger partial charge is 0.487 e. The minimum Gasteiger partial charge on any atom is -0.487 e. The van der Waals surface area contributed by atoms with Gasteiger partial charge in [-0.1, -0.05) is 12.1 Å². The van der Waals surface area contributed by atoms with E-state index in [2.05, 4.69) is 10.6 Å². The number of amides is 1. The predicted octanol–water partition coefficient (Wildman–Crippen LogP) is 3.22. The van der Waals surface area contributed by atoms with Crippen LogP contribution in [0.3, 0.4) is 0 Å². The van der Waals surface area contributed by atoms with Crippen molar-refractivity contribution >= 4 is 28.6 Å². The second-order valence-corrected chi connectivity index (χ2v) is 5.23. The van der Waals surface area contributed by atoms with Crippen molar-refractivity contribution in [3.05, 3.63) is 58.9 Å². The molecular weight excluding hydrogens is 283 g/mol. The number of anilines is 2. The smallest absolute Gasteiger partial charge is 0.260 e. The molecule has 2 aliphatic rings. The number of para-hydroxylation sites is 1. The van der Waals surface area contributed by atoms with Crippen LogP contribution in [0, 0.1) is 5.82 Å². The number of nitrogens with one attached hydrogen (secondary N) is 2. The quantitative estimate of drug-likeness (QED) is 0.794. The summed E-state index contributed by atoms with van der Waals surface area (Å²) in [6.45, 7) is 0.404. The van der Waals surface area contributed by atoms with Crippen molar-refractivity contribution in [2.24, 2.45) is 0 Å². The maximum atomic E-state index is 13.8. The van der Waals surface area contributed by atoms with Gasteiger partial charge in [0.2, 0.25) is 0 Å². The highest BCUT2D eigenvalue weighted by Crippen LogP contribution is 2.42. The fourth-order valence-electron chi connectivity index (χ4n) is 2.91. The van der Waals surface area contributed by atoms with Crippen LogP contribution in [0.25, 0.3) is 11.3 Å². The van der Waals surface area contributed by atoms with E-state index in [1.165, 1.54) is 6.07 Å². The molecule has 2 aromatic carbocycles. The van der Waals surface area contributed by atoms with Crippen LogP contribution in [0.15, 0.2) is 36.4 Å². The molecule has 22 heavy (non-hydrogen) atoms. The van der Waals surface area contributed by atoms with Gasteiger partial charge in [0.15, 0.2) is 0 Å². The molecule has 110 valence electrons. The summed E-state index contributed by atoms with van der Waals surface area (Å²) in [5.41, 5.74) is 4.03. The molecule has 0 aromatic heterocycles. The maximum Gasteiger partial charge on any atom is 0.260 e. The molecule has 5 heteroatoms. The van der Waals surface area contributed by atoms with Gasteiger partial charge in [0, 0.05) is 29.4 Å². The summed E-state index contributed by atoms with van der Waals surface area (Å²) in [5.74, 6) is -0.259. The van der Waals surface area contributed by atoms with Gasteiger partial charge >= 0.3 is 0 Å². The molecule has 0 radical (unpaired) electrons. The summed E-state index contributed by atoms with van der Waals surface area (Å²) in [6.07, 6.45) is 0. The summed E-state index contributed by atoms with van der Waals surface area (Å²) in [6, 6.07) is 10.5. The zero-order valence-corrected chi connectivity index (χ0v) is 11.9. The first-order chi connectivity index (χ1) is 10.7. The monoisotopic (exact) mass is 296 g/mol. The third kappa shape index (κ3) is 1.72. The molecule has 0 bridgehead atoms. The van der Waals surface area contributed by atoms with Crippen molar-refractivity contribution in [1.29, 1.82) is 0 Å². The predicted molar refractivity (Wildman–Crippen MR) is 82.6 cm³/mol. The molecule has 2 aliphatic heterocycles. The fourth-order valence-corrected chi connectivity index (χ4v) is 2.91. The topological polar surface area (TPSA) is 50.4 Å². The molecule has 0 spiro atoms. The molecule has 0 saturated carbocycles. The summed E-state index contributed by atoms with van der Waals surface area (Å²) in [5, 5.41) is 5.65. The fraction of sp³-hybridized carbons (Fsp3) is 0.118. The van der Waals surface area contributed by atoms with Crippen LogP contribution in [-0.4, -0.2) is 13.0 Å². The van der Waals surface area contributed by atoms with Crippen molar-refractivity contribution in [3.8, 4) is 0 Å². The van der Waals surface area contributed by atoms with Gasteiger partial charge in [0.25, 0.3) is 5.91 Å². The first-order valence-electron chi connectivity index (χ1n) is 6.97. The first-order valence-corrected chi connectivity index (χ1v) is 6.97. The Morgan fingerprint density at radius 1 is 1.23 bits per heavy atom. The van der Waals surface area contributed by atoms with Crippen LogP contribution in [0.4, 0.5) is 15.8 Å². The van der Waals surface area contributed by atoms with E-state index >= 15 is 0 Å². The van der Waals surface area contributed by atoms with Gasteiger partial charge in [-0.2, -0.15) is 0 Å². The number of halogens is 1. The van der Waals surface area contributed by atoms with Gasteiger partial charge < -0.3 is 15.4 Å². The summed E-state index contributed by atoms with van der Waals surface area (Å²) >= 11 is 0. The van der Waals surface area contributed by atoms with Crippen molar-refractivity contribution in [3.63, 3.8) is 0 Å². The highest BCUT2D eigenvalue weighted by molar-refractivity contribution is 6.36. The van der Waals surface area contributed by atoms with Gasteiger partial charge in [0.1, 0.15) is 18.2 Å². The summed E-state index contributed by atoms with van der Waals surface area (Å²) in [4.78, 5) is 12.3. The number of benzene rings is 2. The van der Waals surface area contributed by atoms with Crippen LogP contribution < -0.4 is 10.6 Å². The van der Waals surface area contributed by atoms with E-state index in [1.54, 1.807) is 12.1 Å². The lowest BCUT2D eigenvalue weighted by Crippen LogP contribution is -2.06. The lowest BCUT2D eigenvalue weighted by molar-refractivity contribution is -0.110.